The van der Waals surface area contributed by atoms with Crippen LogP contribution in [0, 0.1) is 5.41 Å². The van der Waals surface area contributed by atoms with Crippen molar-refractivity contribution in [1.29, 1.82) is 0 Å². The first kappa shape index (κ1) is 38.7. The predicted octanol–water partition coefficient (Wildman–Crippen LogP) is 0.103. The van der Waals surface area contributed by atoms with Gasteiger partial charge in [0.15, 0.2) is 0 Å². The van der Waals surface area contributed by atoms with E-state index in [0.29, 0.717) is 12.8 Å². The molecule has 0 N–H and O–H groups in total. The van der Waals surface area contributed by atoms with Crippen molar-refractivity contribution in [3.8, 4) is 0 Å². The maximum Gasteiger partial charge on any atom is 1.00 e. The van der Waals surface area contributed by atoms with E-state index < -0.39 is 17.4 Å². The zero-order valence-electron chi connectivity index (χ0n) is 22.7. The van der Waals surface area contributed by atoms with Crippen LogP contribution in [0.3, 0.4) is 0 Å². The fourth-order valence-corrected chi connectivity index (χ4v) is 4.45. The Morgan fingerprint density at radius 2 is 0.697 bits per heavy atom. The van der Waals surface area contributed by atoms with Crippen molar-refractivity contribution in [2.24, 2.45) is 5.41 Å². The van der Waals surface area contributed by atoms with Crippen LogP contribution in [0.2, 0.25) is 0 Å². The summed E-state index contributed by atoms with van der Waals surface area (Å²) in [4.78, 5) is 23.4. The van der Waals surface area contributed by atoms with Gasteiger partial charge in [-0.2, -0.15) is 0 Å². The largest absolute Gasteiger partial charge is 1.00 e. The van der Waals surface area contributed by atoms with Crippen LogP contribution in [-0.4, -0.2) is 11.9 Å². The van der Waals surface area contributed by atoms with Gasteiger partial charge in [0.25, 0.3) is 0 Å². The van der Waals surface area contributed by atoms with Crippen LogP contribution in [0.1, 0.15) is 155 Å². The summed E-state index contributed by atoms with van der Waals surface area (Å²) in [5.74, 6) is -2.92. The number of rotatable bonds is 24. The predicted molar refractivity (Wildman–Crippen MR) is 125 cm³/mol. The van der Waals surface area contributed by atoms with E-state index in [0.717, 1.165) is 38.5 Å². The number of carbonyl (C=O) groups excluding carboxylic acids is 2. The third-order valence-corrected chi connectivity index (χ3v) is 6.70. The van der Waals surface area contributed by atoms with Crippen LogP contribution < -0.4 is 80.5 Å². The van der Waals surface area contributed by atoms with Gasteiger partial charge in [-0.3, -0.25) is 0 Å². The van der Waals surface area contributed by atoms with Crippen molar-refractivity contribution in [1.82, 2.24) is 0 Å². The first-order valence-electron chi connectivity index (χ1n) is 13.4. The fourth-order valence-electron chi connectivity index (χ4n) is 4.45. The molecule has 0 bridgehead atoms. The van der Waals surface area contributed by atoms with Gasteiger partial charge in [0, 0.05) is 5.41 Å². The number of carbonyl (C=O) groups is 2. The Morgan fingerprint density at radius 3 is 0.909 bits per heavy atom. The normalized spacial score (nSPS) is 11.0. The van der Waals surface area contributed by atoms with Crippen molar-refractivity contribution in [2.75, 3.05) is 0 Å². The van der Waals surface area contributed by atoms with Crippen molar-refractivity contribution in [3.05, 3.63) is 0 Å². The second-order valence-corrected chi connectivity index (χ2v) is 9.52. The number of carboxylic acid groups (broad SMARTS) is 2. The van der Waals surface area contributed by atoms with E-state index in [1.54, 1.807) is 0 Å². The maximum atomic E-state index is 11.7. The molecule has 0 unspecified atom stereocenters. The Kier molecular flexibility index (Phi) is 32.5. The minimum Gasteiger partial charge on any atom is -0.549 e. The van der Waals surface area contributed by atoms with E-state index in [1.165, 1.54) is 77.0 Å². The van der Waals surface area contributed by atoms with Crippen molar-refractivity contribution < 1.29 is 90.0 Å². The number of hydrogen-bond acceptors (Lipinski definition) is 4. The Morgan fingerprint density at radius 1 is 0.485 bits per heavy atom. The van der Waals surface area contributed by atoms with Crippen molar-refractivity contribution in [3.63, 3.8) is 0 Å². The van der Waals surface area contributed by atoms with Crippen molar-refractivity contribution in [2.45, 2.75) is 155 Å². The molecule has 0 aliphatic heterocycles. The third-order valence-electron chi connectivity index (χ3n) is 6.70. The van der Waals surface area contributed by atoms with Crippen LogP contribution in [0.4, 0.5) is 0 Å². The first-order chi connectivity index (χ1) is 15.0. The molecule has 0 aromatic carbocycles. The molecule has 0 rings (SSSR count). The summed E-state index contributed by atoms with van der Waals surface area (Å²) in [6.45, 7) is 4.44. The van der Waals surface area contributed by atoms with Crippen molar-refractivity contribution >= 4 is 11.9 Å². The summed E-state index contributed by atoms with van der Waals surface area (Å²) in [6.07, 6.45) is 23.0. The Balaban J connectivity index is -0.00000450. The Labute approximate surface area is 259 Å². The van der Waals surface area contributed by atoms with Gasteiger partial charge in [0.2, 0.25) is 0 Å². The molecule has 0 heterocycles. The van der Waals surface area contributed by atoms with Crippen LogP contribution in [0.15, 0.2) is 0 Å². The zero-order chi connectivity index (χ0) is 23.2. The molecule has 0 saturated carbocycles. The van der Waals surface area contributed by atoms with E-state index in [-0.39, 0.29) is 83.1 Å². The van der Waals surface area contributed by atoms with Crippen LogP contribution in [0.5, 0.6) is 0 Å². The second kappa shape index (κ2) is 27.8. The summed E-state index contributed by atoms with van der Waals surface area (Å²) in [7, 11) is 0. The molecular formula is C27H50KLiO4. The molecule has 33 heavy (non-hydrogen) atoms. The van der Waals surface area contributed by atoms with Gasteiger partial charge in [-0.05, 0) is 12.8 Å². The van der Waals surface area contributed by atoms with E-state index in [2.05, 4.69) is 13.8 Å². The van der Waals surface area contributed by atoms with Gasteiger partial charge in [0.05, 0.1) is 11.9 Å². The molecule has 0 aliphatic carbocycles. The SMILES string of the molecule is CCCCCCCCCCCCC(CCCCCCCCCCCC)(C(=O)[O-])C(=O)[O-].[K+].[Li+]. The number of hydrogen-bond donors (Lipinski definition) is 0. The summed E-state index contributed by atoms with van der Waals surface area (Å²) in [5.41, 5.74) is -1.81. The zero-order valence-corrected chi connectivity index (χ0v) is 25.8. The van der Waals surface area contributed by atoms with E-state index in [1.807, 2.05) is 0 Å². The molecular weight excluding hydrogens is 434 g/mol. The Hall–Kier alpha value is 1.17. The monoisotopic (exact) mass is 484 g/mol. The van der Waals surface area contributed by atoms with E-state index >= 15 is 0 Å². The summed E-state index contributed by atoms with van der Waals surface area (Å²) < 4.78 is 0. The molecule has 4 nitrogen and oxygen atoms in total. The van der Waals surface area contributed by atoms with Gasteiger partial charge in [-0.25, -0.2) is 0 Å². The maximum absolute atomic E-state index is 11.7. The third kappa shape index (κ3) is 21.0. The van der Waals surface area contributed by atoms with E-state index in [4.69, 9.17) is 0 Å². The molecule has 0 atom stereocenters. The number of carboxylic acids is 2. The average molecular weight is 485 g/mol. The van der Waals surface area contributed by atoms with Gasteiger partial charge in [-0.15, -0.1) is 0 Å². The number of unbranched alkanes of at least 4 members (excludes halogenated alkanes) is 18. The molecule has 0 radical (unpaired) electrons. The van der Waals surface area contributed by atoms with Gasteiger partial charge >= 0.3 is 70.2 Å². The smallest absolute Gasteiger partial charge is 0.549 e. The molecule has 0 aromatic heterocycles. The quantitative estimate of drug-likeness (QED) is 0.111. The minimum absolute atomic E-state index is 0. The molecule has 0 spiro atoms. The van der Waals surface area contributed by atoms with Crippen LogP contribution >= 0.6 is 0 Å². The molecule has 6 heteroatoms. The van der Waals surface area contributed by atoms with E-state index in [9.17, 15) is 19.8 Å². The summed E-state index contributed by atoms with van der Waals surface area (Å²) in [6, 6.07) is 0. The second-order valence-electron chi connectivity index (χ2n) is 9.52. The average Bonchev–Trinajstić information content (AvgIpc) is 2.74. The number of aliphatic carboxylic acids is 2. The summed E-state index contributed by atoms with van der Waals surface area (Å²) >= 11 is 0. The van der Waals surface area contributed by atoms with Gasteiger partial charge < -0.3 is 19.8 Å². The topological polar surface area (TPSA) is 80.3 Å². The molecule has 0 aromatic rings. The molecule has 0 aliphatic rings. The Bertz CT molecular complexity index is 406. The standard InChI is InChI=1S/C27H52O4.K.Li/c1-3-5-7-9-11-13-15-17-19-21-23-27(25(28)29,26(30)31)24-22-20-18-16-14-12-10-8-6-4-2;;/h3-24H2,1-2H3,(H,28,29)(H,30,31);;/q;2*+1/p-2. The van der Waals surface area contributed by atoms with Gasteiger partial charge in [0.1, 0.15) is 0 Å². The van der Waals surface area contributed by atoms with Crippen LogP contribution in [-0.2, 0) is 9.59 Å². The van der Waals surface area contributed by atoms with Crippen LogP contribution in [0.25, 0.3) is 0 Å². The first-order valence-corrected chi connectivity index (χ1v) is 13.4. The molecule has 0 saturated heterocycles. The molecule has 0 fully saturated rings. The molecule has 0 amide bonds. The fraction of sp³-hybridized carbons (Fsp3) is 0.926. The summed E-state index contributed by atoms with van der Waals surface area (Å²) in [5, 5.41) is 23.4. The van der Waals surface area contributed by atoms with Gasteiger partial charge in [-0.1, -0.05) is 142 Å². The molecule has 184 valence electrons. The minimum atomic E-state index is -1.81.